The van der Waals surface area contributed by atoms with Gasteiger partial charge in [-0.2, -0.15) is 0 Å². The molecule has 2 saturated heterocycles. The second kappa shape index (κ2) is 3.38. The minimum atomic E-state index is -1.64. The van der Waals surface area contributed by atoms with Crippen LogP contribution in [0.2, 0.25) is 0 Å². The Hall–Kier alpha value is -1.24. The van der Waals surface area contributed by atoms with Crippen molar-refractivity contribution in [1.29, 1.82) is 0 Å². The van der Waals surface area contributed by atoms with Crippen molar-refractivity contribution in [2.75, 3.05) is 0 Å². The fourth-order valence-electron chi connectivity index (χ4n) is 2.48. The number of β-lactam (4-membered cyclic amide) rings is 1. The van der Waals surface area contributed by atoms with Crippen molar-refractivity contribution in [3.63, 3.8) is 0 Å². The highest BCUT2D eigenvalue weighted by molar-refractivity contribution is 8.01. The van der Waals surface area contributed by atoms with Crippen molar-refractivity contribution in [1.82, 2.24) is 10.2 Å². The molecule has 2 amide bonds. The normalized spacial score (nSPS) is 33.9. The number of amides is 2. The molecule has 2 aliphatic heterocycles. The summed E-state index contributed by atoms with van der Waals surface area (Å²) in [6, 6.07) is 0. The summed E-state index contributed by atoms with van der Waals surface area (Å²) in [4.78, 5) is 35.7. The zero-order valence-corrected chi connectivity index (χ0v) is 10.6. The van der Waals surface area contributed by atoms with Gasteiger partial charge < -0.3 is 10.4 Å². The van der Waals surface area contributed by atoms with Gasteiger partial charge in [0.1, 0.15) is 0 Å². The zero-order chi connectivity index (χ0) is 13.0. The van der Waals surface area contributed by atoms with Gasteiger partial charge in [0.2, 0.25) is 17.5 Å². The third kappa shape index (κ3) is 1.38. The average Bonchev–Trinajstić information content (AvgIpc) is 2.30. The molecule has 0 spiro atoms. The number of aliphatic carboxylic acids is 1. The Morgan fingerprint density at radius 1 is 1.53 bits per heavy atom. The highest BCUT2D eigenvalue weighted by Gasteiger charge is 2.70. The first-order valence-corrected chi connectivity index (χ1v) is 6.12. The molecule has 0 unspecified atom stereocenters. The van der Waals surface area contributed by atoms with Crippen LogP contribution in [0.25, 0.3) is 0 Å². The Morgan fingerprint density at radius 3 is 2.53 bits per heavy atom. The number of rotatable bonds is 2. The smallest absolute Gasteiger partial charge is 0.352 e. The molecule has 0 aromatic heterocycles. The van der Waals surface area contributed by atoms with Crippen LogP contribution < -0.4 is 5.32 Å². The monoisotopic (exact) mass is 258 g/mol. The summed E-state index contributed by atoms with van der Waals surface area (Å²) < 4.78 is -0.763. The second-order valence-corrected chi connectivity index (χ2v) is 6.55. The van der Waals surface area contributed by atoms with Crippen molar-refractivity contribution in [2.45, 2.75) is 43.0 Å². The van der Waals surface area contributed by atoms with Crippen molar-refractivity contribution < 1.29 is 19.5 Å². The lowest BCUT2D eigenvalue weighted by Crippen LogP contribution is -2.74. The molecule has 0 aromatic rings. The molecule has 2 atom stereocenters. The Kier molecular flexibility index (Phi) is 2.43. The molecule has 17 heavy (non-hydrogen) atoms. The van der Waals surface area contributed by atoms with Crippen molar-refractivity contribution in [2.24, 2.45) is 0 Å². The molecule has 2 rings (SSSR count). The maximum absolute atomic E-state index is 11.6. The number of thioether (sulfide) groups is 1. The van der Waals surface area contributed by atoms with Crippen LogP contribution in [0, 0.1) is 0 Å². The van der Waals surface area contributed by atoms with Crippen molar-refractivity contribution >= 4 is 29.5 Å². The van der Waals surface area contributed by atoms with Crippen molar-refractivity contribution in [3.05, 3.63) is 0 Å². The van der Waals surface area contributed by atoms with Crippen LogP contribution in [0.4, 0.5) is 0 Å². The third-order valence-corrected chi connectivity index (χ3v) is 4.77. The zero-order valence-electron chi connectivity index (χ0n) is 9.81. The standard InChI is InChI=1S/C10H14N2O4S/c1-5(13)11-10(8(15)16)9(2,3)17-7-4-6(14)12(7)10/h7H,4H2,1-3H3,(H,11,13)(H,15,16)/t7-,10+/m1/s1. The van der Waals surface area contributed by atoms with E-state index in [-0.39, 0.29) is 11.3 Å². The van der Waals surface area contributed by atoms with Crippen LogP contribution in [0.5, 0.6) is 0 Å². The summed E-state index contributed by atoms with van der Waals surface area (Å²) in [5, 5.41) is 11.8. The van der Waals surface area contributed by atoms with E-state index in [9.17, 15) is 19.5 Å². The van der Waals surface area contributed by atoms with Crippen LogP contribution in [-0.4, -0.2) is 43.6 Å². The van der Waals surface area contributed by atoms with E-state index in [0.717, 1.165) is 0 Å². The number of carboxylic acids is 1. The van der Waals surface area contributed by atoms with Gasteiger partial charge in [-0.3, -0.25) is 14.5 Å². The van der Waals surface area contributed by atoms with Gasteiger partial charge in [-0.15, -0.1) is 11.8 Å². The average molecular weight is 258 g/mol. The van der Waals surface area contributed by atoms with Crippen LogP contribution in [0.1, 0.15) is 27.2 Å². The van der Waals surface area contributed by atoms with Gasteiger partial charge in [-0.05, 0) is 13.8 Å². The predicted molar refractivity (Wildman–Crippen MR) is 61.1 cm³/mol. The van der Waals surface area contributed by atoms with Gasteiger partial charge in [-0.1, -0.05) is 0 Å². The van der Waals surface area contributed by atoms with Gasteiger partial charge in [0.05, 0.1) is 16.5 Å². The molecule has 0 radical (unpaired) electrons. The first-order valence-electron chi connectivity index (χ1n) is 5.24. The highest BCUT2D eigenvalue weighted by atomic mass is 32.2. The lowest BCUT2D eigenvalue weighted by atomic mass is 9.90. The summed E-state index contributed by atoms with van der Waals surface area (Å²) in [7, 11) is 0. The SMILES string of the molecule is CC(=O)N[C@@]1(C(=O)O)N2C(=O)C[C@H]2SC1(C)C. The van der Waals surface area contributed by atoms with E-state index >= 15 is 0 Å². The van der Waals surface area contributed by atoms with E-state index in [1.165, 1.54) is 23.6 Å². The number of fused-ring (bicyclic) bond motifs is 1. The quantitative estimate of drug-likeness (QED) is 0.680. The van der Waals surface area contributed by atoms with Crippen LogP contribution in [-0.2, 0) is 14.4 Å². The molecule has 94 valence electrons. The lowest BCUT2D eigenvalue weighted by molar-refractivity contribution is -0.173. The predicted octanol–water partition coefficient (Wildman–Crippen LogP) is -0.0128. The number of carbonyl (C=O) groups is 3. The van der Waals surface area contributed by atoms with E-state index in [1.807, 2.05) is 0 Å². The molecule has 7 heteroatoms. The maximum Gasteiger partial charge on any atom is 0.352 e. The molecule has 0 aliphatic carbocycles. The number of carboxylic acid groups (broad SMARTS) is 1. The molecular formula is C10H14N2O4S. The highest BCUT2D eigenvalue weighted by Crippen LogP contribution is 2.55. The fourth-order valence-corrected chi connectivity index (χ4v) is 4.17. The van der Waals surface area contributed by atoms with Gasteiger partial charge in [0, 0.05) is 6.92 Å². The van der Waals surface area contributed by atoms with Crippen LogP contribution >= 0.6 is 11.8 Å². The first-order chi connectivity index (χ1) is 7.72. The third-order valence-electron chi connectivity index (χ3n) is 3.24. The van der Waals surface area contributed by atoms with Gasteiger partial charge in [-0.25, -0.2) is 4.79 Å². The lowest BCUT2D eigenvalue weighted by Gasteiger charge is -2.46. The molecule has 2 fully saturated rings. The minimum absolute atomic E-state index is 0.152. The molecule has 2 N–H and O–H groups in total. The van der Waals surface area contributed by atoms with E-state index in [0.29, 0.717) is 6.42 Å². The van der Waals surface area contributed by atoms with Gasteiger partial charge in [0.15, 0.2) is 0 Å². The van der Waals surface area contributed by atoms with Gasteiger partial charge in [0.25, 0.3) is 0 Å². The molecule has 0 bridgehead atoms. The summed E-state index contributed by atoms with van der Waals surface area (Å²) >= 11 is 1.41. The molecule has 6 nitrogen and oxygen atoms in total. The Bertz CT molecular complexity index is 423. The number of nitrogens with zero attached hydrogens (tertiary/aromatic N) is 1. The van der Waals surface area contributed by atoms with Gasteiger partial charge >= 0.3 is 5.97 Å². The minimum Gasteiger partial charge on any atom is -0.478 e. The maximum atomic E-state index is 11.6. The number of carbonyl (C=O) groups excluding carboxylic acids is 2. The summed E-state index contributed by atoms with van der Waals surface area (Å²) in [5.41, 5.74) is -1.64. The van der Waals surface area contributed by atoms with E-state index in [4.69, 9.17) is 0 Å². The van der Waals surface area contributed by atoms with Crippen LogP contribution in [0.15, 0.2) is 0 Å². The Labute approximate surface area is 103 Å². The van der Waals surface area contributed by atoms with E-state index in [1.54, 1.807) is 13.8 Å². The molecule has 2 aliphatic rings. The Morgan fingerprint density at radius 2 is 2.12 bits per heavy atom. The summed E-state index contributed by atoms with van der Waals surface area (Å²) in [6.07, 6.45) is 0.336. The molecular weight excluding hydrogens is 244 g/mol. The number of hydrogen-bond acceptors (Lipinski definition) is 4. The number of hydrogen-bond donors (Lipinski definition) is 2. The summed E-state index contributed by atoms with van der Waals surface area (Å²) in [6.45, 7) is 4.71. The number of nitrogens with one attached hydrogen (secondary N) is 1. The summed E-state index contributed by atoms with van der Waals surface area (Å²) in [5.74, 6) is -1.88. The Balaban J connectivity index is 2.50. The van der Waals surface area contributed by atoms with E-state index in [2.05, 4.69) is 5.32 Å². The van der Waals surface area contributed by atoms with Crippen LogP contribution in [0.3, 0.4) is 0 Å². The second-order valence-electron chi connectivity index (χ2n) is 4.75. The van der Waals surface area contributed by atoms with E-state index < -0.39 is 22.3 Å². The largest absolute Gasteiger partial charge is 0.478 e. The molecule has 0 aromatic carbocycles. The topological polar surface area (TPSA) is 86.7 Å². The first kappa shape index (κ1) is 12.2. The fraction of sp³-hybridized carbons (Fsp3) is 0.700. The molecule has 0 saturated carbocycles. The van der Waals surface area contributed by atoms with Crippen molar-refractivity contribution in [3.8, 4) is 0 Å². The molecule has 2 heterocycles.